The highest BCUT2D eigenvalue weighted by Gasteiger charge is 2.46. The molecule has 0 bridgehead atoms. The van der Waals surface area contributed by atoms with Gasteiger partial charge in [0.15, 0.2) is 5.54 Å². The van der Waals surface area contributed by atoms with Crippen molar-refractivity contribution in [3.63, 3.8) is 0 Å². The van der Waals surface area contributed by atoms with Crippen LogP contribution < -0.4 is 0 Å². The number of carbonyl (C=O) groups is 2. The zero-order chi connectivity index (χ0) is 20.4. The summed E-state index contributed by atoms with van der Waals surface area (Å²) in [6.45, 7) is 5.38. The number of ether oxygens (including phenoxy) is 1. The van der Waals surface area contributed by atoms with Crippen LogP contribution in [0.1, 0.15) is 22.8 Å². The second-order valence-corrected chi connectivity index (χ2v) is 6.11. The molecule has 0 N–H and O–H groups in total. The van der Waals surface area contributed by atoms with Crippen molar-refractivity contribution in [2.75, 3.05) is 13.7 Å². The third-order valence-corrected chi connectivity index (χ3v) is 4.36. The van der Waals surface area contributed by atoms with E-state index in [9.17, 15) is 9.59 Å². The average molecular weight is 373 g/mol. The average Bonchev–Trinajstić information content (AvgIpc) is 2.74. The number of benzene rings is 2. The van der Waals surface area contributed by atoms with Gasteiger partial charge in [0.1, 0.15) is 0 Å². The van der Waals surface area contributed by atoms with Gasteiger partial charge in [-0.15, -0.1) is 11.7 Å². The maximum atomic E-state index is 13.4. The van der Waals surface area contributed by atoms with Gasteiger partial charge in [-0.05, 0) is 30.7 Å². The maximum Gasteiger partial charge on any atom is 0.336 e. The normalized spacial score (nSPS) is 11.8. The first-order chi connectivity index (χ1) is 13.6. The molecule has 0 radical (unpaired) electrons. The van der Waals surface area contributed by atoms with Crippen LogP contribution in [0.25, 0.3) is 0 Å². The molecule has 0 saturated heterocycles. The zero-order valence-corrected chi connectivity index (χ0v) is 16.1. The van der Waals surface area contributed by atoms with Crippen LogP contribution in [0.2, 0.25) is 0 Å². The van der Waals surface area contributed by atoms with Gasteiger partial charge in [-0.25, -0.2) is 4.79 Å². The molecule has 0 aliphatic carbocycles. The molecule has 0 heterocycles. The van der Waals surface area contributed by atoms with Crippen molar-refractivity contribution in [2.45, 2.75) is 18.9 Å². The summed E-state index contributed by atoms with van der Waals surface area (Å²) in [6.07, 6.45) is 1.71. The van der Waals surface area contributed by atoms with Crippen LogP contribution in [0.5, 0.6) is 0 Å². The molecule has 0 aromatic heterocycles. The van der Waals surface area contributed by atoms with Crippen LogP contribution in [0, 0.1) is 11.8 Å². The van der Waals surface area contributed by atoms with E-state index in [1.165, 1.54) is 18.1 Å². The number of nitrogens with zero attached hydrogens (tertiary/aromatic N) is 1. The lowest BCUT2D eigenvalue weighted by atomic mass is 9.87. The van der Waals surface area contributed by atoms with Crippen molar-refractivity contribution in [2.24, 2.45) is 0 Å². The van der Waals surface area contributed by atoms with E-state index in [2.05, 4.69) is 24.2 Å². The molecule has 2 rings (SSSR count). The molecule has 4 heteroatoms. The molecule has 4 nitrogen and oxygen atoms in total. The minimum Gasteiger partial charge on any atom is -0.467 e. The number of carbonyl (C=O) groups excluding carboxylic acids is 2. The number of methoxy groups -OCH3 is 1. The van der Waals surface area contributed by atoms with E-state index in [1.807, 2.05) is 36.4 Å². The van der Waals surface area contributed by atoms with E-state index in [1.54, 1.807) is 31.2 Å². The highest BCUT2D eigenvalue weighted by atomic mass is 16.5. The summed E-state index contributed by atoms with van der Waals surface area (Å²) < 4.78 is 5.11. The molecule has 2 aromatic carbocycles. The zero-order valence-electron chi connectivity index (χ0n) is 16.1. The Hall–Kier alpha value is -3.54. The highest BCUT2D eigenvalue weighted by Crippen LogP contribution is 2.27. The number of hydrogen-bond donors (Lipinski definition) is 0. The minimum absolute atomic E-state index is 0.0599. The van der Waals surface area contributed by atoms with E-state index in [0.29, 0.717) is 5.56 Å². The maximum absolute atomic E-state index is 13.4. The van der Waals surface area contributed by atoms with Crippen molar-refractivity contribution in [1.82, 2.24) is 4.90 Å². The molecule has 0 spiro atoms. The van der Waals surface area contributed by atoms with Gasteiger partial charge in [0.05, 0.1) is 13.7 Å². The third kappa shape index (κ3) is 4.59. The highest BCUT2D eigenvalue weighted by molar-refractivity contribution is 5.99. The fraction of sp³-hybridized carbons (Fsp3) is 0.208. The Morgan fingerprint density at radius 1 is 1.11 bits per heavy atom. The molecular formula is C24H23NO3. The first-order valence-corrected chi connectivity index (χ1v) is 8.85. The monoisotopic (exact) mass is 373 g/mol. The summed E-state index contributed by atoms with van der Waals surface area (Å²) in [6, 6.07) is 18.2. The molecule has 28 heavy (non-hydrogen) atoms. The summed E-state index contributed by atoms with van der Waals surface area (Å²) in [5.74, 6) is 4.80. The second kappa shape index (κ2) is 9.97. The Labute approximate surface area is 166 Å². The minimum atomic E-state index is -1.42. The first kappa shape index (κ1) is 20.8. The molecule has 2 aromatic rings. The van der Waals surface area contributed by atoms with E-state index >= 15 is 0 Å². The first-order valence-electron chi connectivity index (χ1n) is 8.85. The lowest BCUT2D eigenvalue weighted by Gasteiger charge is -2.38. The largest absolute Gasteiger partial charge is 0.467 e. The SMILES string of the molecule is C=C=CC(Cc1ccccc1)(C(=O)OC)N(CC#CC)C(=O)c1ccccc1. The summed E-state index contributed by atoms with van der Waals surface area (Å²) in [4.78, 5) is 27.8. The Morgan fingerprint density at radius 2 is 1.71 bits per heavy atom. The molecule has 0 aliphatic rings. The van der Waals surface area contributed by atoms with E-state index in [4.69, 9.17) is 4.74 Å². The Morgan fingerprint density at radius 3 is 2.25 bits per heavy atom. The Kier molecular flexibility index (Phi) is 7.39. The molecule has 142 valence electrons. The van der Waals surface area contributed by atoms with Gasteiger partial charge in [0.25, 0.3) is 5.91 Å². The molecule has 0 saturated carbocycles. The van der Waals surface area contributed by atoms with Crippen LogP contribution in [0.4, 0.5) is 0 Å². The molecule has 1 atom stereocenters. The van der Waals surface area contributed by atoms with Gasteiger partial charge in [-0.2, -0.15) is 0 Å². The smallest absolute Gasteiger partial charge is 0.336 e. The van der Waals surface area contributed by atoms with Gasteiger partial charge in [0, 0.05) is 12.0 Å². The summed E-state index contributed by atoms with van der Waals surface area (Å²) in [7, 11) is 1.30. The van der Waals surface area contributed by atoms with Crippen LogP contribution >= 0.6 is 0 Å². The van der Waals surface area contributed by atoms with Crippen molar-refractivity contribution in [1.29, 1.82) is 0 Å². The molecular weight excluding hydrogens is 350 g/mol. The summed E-state index contributed by atoms with van der Waals surface area (Å²) in [5, 5.41) is 0. The van der Waals surface area contributed by atoms with Crippen LogP contribution in [-0.4, -0.2) is 36.0 Å². The van der Waals surface area contributed by atoms with Gasteiger partial charge >= 0.3 is 5.97 Å². The van der Waals surface area contributed by atoms with Gasteiger partial charge < -0.3 is 9.64 Å². The number of esters is 1. The molecule has 1 unspecified atom stereocenters. The summed E-state index contributed by atoms with van der Waals surface area (Å²) in [5.41, 5.74) is 2.60. The fourth-order valence-electron chi connectivity index (χ4n) is 3.01. The van der Waals surface area contributed by atoms with Crippen molar-refractivity contribution in [3.05, 3.63) is 90.2 Å². The van der Waals surface area contributed by atoms with Crippen molar-refractivity contribution < 1.29 is 14.3 Å². The van der Waals surface area contributed by atoms with Gasteiger partial charge in [0.2, 0.25) is 0 Å². The predicted molar refractivity (Wildman–Crippen MR) is 110 cm³/mol. The van der Waals surface area contributed by atoms with Crippen LogP contribution in [0.3, 0.4) is 0 Å². The standard InChI is InChI=1S/C24H23NO3/c1-4-6-18-25(22(26)21-15-11-8-12-16-21)24(17-5-2,23(27)28-3)19-20-13-9-7-10-14-20/h7-17H,2,18-19H2,1,3H3. The van der Waals surface area contributed by atoms with Gasteiger partial charge in [-0.1, -0.05) is 61.0 Å². The number of rotatable bonds is 7. The summed E-state index contributed by atoms with van der Waals surface area (Å²) >= 11 is 0. The Balaban J connectivity index is 2.65. The number of amides is 1. The fourth-order valence-corrected chi connectivity index (χ4v) is 3.01. The van der Waals surface area contributed by atoms with Crippen molar-refractivity contribution in [3.8, 4) is 11.8 Å². The van der Waals surface area contributed by atoms with Crippen LogP contribution in [-0.2, 0) is 16.0 Å². The van der Waals surface area contributed by atoms with E-state index in [-0.39, 0.29) is 18.9 Å². The van der Waals surface area contributed by atoms with Gasteiger partial charge in [-0.3, -0.25) is 4.79 Å². The molecule has 1 amide bonds. The third-order valence-electron chi connectivity index (χ3n) is 4.36. The second-order valence-electron chi connectivity index (χ2n) is 6.11. The predicted octanol–water partition coefficient (Wildman–Crippen LogP) is 3.65. The van der Waals surface area contributed by atoms with Crippen LogP contribution in [0.15, 0.2) is 79.0 Å². The molecule has 0 aliphatic heterocycles. The lowest BCUT2D eigenvalue weighted by Crippen LogP contribution is -2.58. The van der Waals surface area contributed by atoms with E-state index < -0.39 is 11.5 Å². The Bertz CT molecular complexity index is 919. The van der Waals surface area contributed by atoms with E-state index in [0.717, 1.165) is 5.56 Å². The quantitative estimate of drug-likeness (QED) is 0.423. The molecule has 0 fully saturated rings. The van der Waals surface area contributed by atoms with Crippen molar-refractivity contribution >= 4 is 11.9 Å². The lowest BCUT2D eigenvalue weighted by molar-refractivity contribution is -0.150. The topological polar surface area (TPSA) is 46.6 Å². The number of hydrogen-bond acceptors (Lipinski definition) is 3.